The SMILES string of the molecule is CCCCCc1c[nH]c(=O)c2ccccc12. The highest BCUT2D eigenvalue weighted by atomic mass is 16.1. The van der Waals surface area contributed by atoms with Crippen LogP contribution in [0.1, 0.15) is 31.7 Å². The van der Waals surface area contributed by atoms with Crippen LogP contribution in [-0.2, 0) is 6.42 Å². The molecule has 1 aromatic carbocycles. The van der Waals surface area contributed by atoms with Crippen LogP contribution in [-0.4, -0.2) is 4.98 Å². The summed E-state index contributed by atoms with van der Waals surface area (Å²) in [7, 11) is 0. The fourth-order valence-electron chi connectivity index (χ4n) is 2.04. The van der Waals surface area contributed by atoms with E-state index in [-0.39, 0.29) is 5.56 Å². The van der Waals surface area contributed by atoms with Gasteiger partial charge in [0.25, 0.3) is 5.56 Å². The second kappa shape index (κ2) is 4.97. The van der Waals surface area contributed by atoms with Gasteiger partial charge in [0.2, 0.25) is 0 Å². The zero-order chi connectivity index (χ0) is 11.4. The second-order valence-corrected chi connectivity index (χ2v) is 4.15. The Bertz CT molecular complexity index is 527. The summed E-state index contributed by atoms with van der Waals surface area (Å²) in [4.78, 5) is 14.4. The van der Waals surface area contributed by atoms with Crippen molar-refractivity contribution in [2.24, 2.45) is 0 Å². The molecule has 2 rings (SSSR count). The highest BCUT2D eigenvalue weighted by Gasteiger charge is 2.03. The molecule has 1 heterocycles. The van der Waals surface area contributed by atoms with Crippen LogP contribution < -0.4 is 5.56 Å². The van der Waals surface area contributed by atoms with Gasteiger partial charge in [0, 0.05) is 11.6 Å². The van der Waals surface area contributed by atoms with E-state index in [4.69, 9.17) is 0 Å². The number of aryl methyl sites for hydroxylation is 1. The number of aromatic amines is 1. The molecule has 0 aliphatic heterocycles. The van der Waals surface area contributed by atoms with Crippen molar-refractivity contribution in [2.45, 2.75) is 32.6 Å². The van der Waals surface area contributed by atoms with Crippen LogP contribution in [0.4, 0.5) is 0 Å². The topological polar surface area (TPSA) is 32.9 Å². The maximum atomic E-state index is 11.6. The number of pyridine rings is 1. The number of hydrogen-bond donors (Lipinski definition) is 1. The van der Waals surface area contributed by atoms with E-state index in [0.717, 1.165) is 17.2 Å². The predicted octanol–water partition coefficient (Wildman–Crippen LogP) is 3.26. The van der Waals surface area contributed by atoms with E-state index in [0.29, 0.717) is 0 Å². The molecule has 0 bridgehead atoms. The average molecular weight is 215 g/mol. The third kappa shape index (κ3) is 2.16. The Kier molecular flexibility index (Phi) is 3.40. The number of nitrogens with one attached hydrogen (secondary N) is 1. The Labute approximate surface area is 95.3 Å². The summed E-state index contributed by atoms with van der Waals surface area (Å²) in [6, 6.07) is 7.82. The first-order valence-corrected chi connectivity index (χ1v) is 5.92. The molecule has 0 amide bonds. The van der Waals surface area contributed by atoms with E-state index in [1.54, 1.807) is 0 Å². The van der Waals surface area contributed by atoms with Crippen LogP contribution >= 0.6 is 0 Å². The minimum absolute atomic E-state index is 0.00911. The van der Waals surface area contributed by atoms with Gasteiger partial charge < -0.3 is 4.98 Å². The first-order chi connectivity index (χ1) is 7.83. The molecule has 2 nitrogen and oxygen atoms in total. The lowest BCUT2D eigenvalue weighted by Crippen LogP contribution is -2.07. The lowest BCUT2D eigenvalue weighted by Gasteiger charge is -2.05. The maximum Gasteiger partial charge on any atom is 0.255 e. The lowest BCUT2D eigenvalue weighted by atomic mass is 10.0. The van der Waals surface area contributed by atoms with Crippen molar-refractivity contribution in [1.82, 2.24) is 4.98 Å². The van der Waals surface area contributed by atoms with Crippen LogP contribution in [0.2, 0.25) is 0 Å². The predicted molar refractivity (Wildman–Crippen MR) is 67.8 cm³/mol. The Morgan fingerprint density at radius 1 is 1.12 bits per heavy atom. The third-order valence-corrected chi connectivity index (χ3v) is 2.94. The van der Waals surface area contributed by atoms with Crippen LogP contribution in [0, 0.1) is 0 Å². The minimum Gasteiger partial charge on any atom is -0.328 e. The highest BCUT2D eigenvalue weighted by Crippen LogP contribution is 2.16. The molecule has 0 spiro atoms. The van der Waals surface area contributed by atoms with Crippen molar-refractivity contribution in [3.05, 3.63) is 46.4 Å². The summed E-state index contributed by atoms with van der Waals surface area (Å²) in [5.74, 6) is 0. The first-order valence-electron chi connectivity index (χ1n) is 5.92. The standard InChI is InChI=1S/C14H17NO/c1-2-3-4-7-11-10-15-14(16)13-9-6-5-8-12(11)13/h5-6,8-10H,2-4,7H2,1H3,(H,15,16). The largest absolute Gasteiger partial charge is 0.328 e. The number of benzene rings is 1. The van der Waals surface area contributed by atoms with Gasteiger partial charge in [-0.05, 0) is 29.9 Å². The summed E-state index contributed by atoms with van der Waals surface area (Å²) < 4.78 is 0. The Morgan fingerprint density at radius 2 is 1.88 bits per heavy atom. The van der Waals surface area contributed by atoms with Gasteiger partial charge in [-0.1, -0.05) is 38.0 Å². The summed E-state index contributed by atoms with van der Waals surface area (Å²) in [5, 5.41) is 1.90. The normalized spacial score (nSPS) is 10.8. The fourth-order valence-corrected chi connectivity index (χ4v) is 2.04. The van der Waals surface area contributed by atoms with Crippen molar-refractivity contribution in [1.29, 1.82) is 0 Å². The average Bonchev–Trinajstić information content (AvgIpc) is 2.33. The summed E-state index contributed by atoms with van der Waals surface area (Å²) in [5.41, 5.74) is 1.26. The molecule has 0 saturated heterocycles. The fraction of sp³-hybridized carbons (Fsp3) is 0.357. The number of aromatic nitrogens is 1. The smallest absolute Gasteiger partial charge is 0.255 e. The molecule has 2 heteroatoms. The van der Waals surface area contributed by atoms with Gasteiger partial charge in [0.05, 0.1) is 0 Å². The van der Waals surface area contributed by atoms with Crippen molar-refractivity contribution in [2.75, 3.05) is 0 Å². The molecule has 0 unspecified atom stereocenters. The van der Waals surface area contributed by atoms with Crippen molar-refractivity contribution < 1.29 is 0 Å². The molecule has 0 saturated carbocycles. The number of hydrogen-bond acceptors (Lipinski definition) is 1. The molecule has 2 aromatic rings. The molecule has 0 aliphatic carbocycles. The zero-order valence-corrected chi connectivity index (χ0v) is 9.62. The zero-order valence-electron chi connectivity index (χ0n) is 9.62. The molecule has 84 valence electrons. The molecule has 0 radical (unpaired) electrons. The summed E-state index contributed by atoms with van der Waals surface area (Å²) >= 11 is 0. The molecular formula is C14H17NO. The van der Waals surface area contributed by atoms with E-state index in [9.17, 15) is 4.79 Å². The highest BCUT2D eigenvalue weighted by molar-refractivity contribution is 5.84. The molecular weight excluding hydrogens is 198 g/mol. The number of unbranched alkanes of at least 4 members (excludes halogenated alkanes) is 2. The van der Waals surface area contributed by atoms with Crippen LogP contribution in [0.5, 0.6) is 0 Å². The molecule has 1 aromatic heterocycles. The van der Waals surface area contributed by atoms with E-state index in [1.165, 1.54) is 24.8 Å². The van der Waals surface area contributed by atoms with E-state index >= 15 is 0 Å². The molecule has 16 heavy (non-hydrogen) atoms. The maximum absolute atomic E-state index is 11.6. The Hall–Kier alpha value is -1.57. The van der Waals surface area contributed by atoms with Gasteiger partial charge in [0.15, 0.2) is 0 Å². The van der Waals surface area contributed by atoms with Gasteiger partial charge >= 0.3 is 0 Å². The molecule has 0 fully saturated rings. The van der Waals surface area contributed by atoms with Gasteiger partial charge in [-0.25, -0.2) is 0 Å². The number of H-pyrrole nitrogens is 1. The van der Waals surface area contributed by atoms with Crippen LogP contribution in [0.25, 0.3) is 10.8 Å². The van der Waals surface area contributed by atoms with Gasteiger partial charge in [-0.15, -0.1) is 0 Å². The van der Waals surface area contributed by atoms with Crippen molar-refractivity contribution >= 4 is 10.8 Å². The Balaban J connectivity index is 2.38. The first kappa shape index (κ1) is 10.9. The Morgan fingerprint density at radius 3 is 2.62 bits per heavy atom. The van der Waals surface area contributed by atoms with Gasteiger partial charge in [-0.2, -0.15) is 0 Å². The lowest BCUT2D eigenvalue weighted by molar-refractivity contribution is 0.718. The van der Waals surface area contributed by atoms with E-state index in [1.807, 2.05) is 30.5 Å². The number of fused-ring (bicyclic) bond motifs is 1. The second-order valence-electron chi connectivity index (χ2n) is 4.15. The third-order valence-electron chi connectivity index (χ3n) is 2.94. The van der Waals surface area contributed by atoms with Gasteiger partial charge in [0.1, 0.15) is 0 Å². The quantitative estimate of drug-likeness (QED) is 0.780. The molecule has 0 atom stereocenters. The summed E-state index contributed by atoms with van der Waals surface area (Å²) in [6.45, 7) is 2.20. The molecule has 1 N–H and O–H groups in total. The van der Waals surface area contributed by atoms with Crippen LogP contribution in [0.3, 0.4) is 0 Å². The van der Waals surface area contributed by atoms with E-state index < -0.39 is 0 Å². The minimum atomic E-state index is 0.00911. The summed E-state index contributed by atoms with van der Waals surface area (Å²) in [6.07, 6.45) is 6.56. The molecule has 0 aliphatic rings. The van der Waals surface area contributed by atoms with Crippen molar-refractivity contribution in [3.63, 3.8) is 0 Å². The van der Waals surface area contributed by atoms with Crippen LogP contribution in [0.15, 0.2) is 35.3 Å². The van der Waals surface area contributed by atoms with E-state index in [2.05, 4.69) is 11.9 Å². The van der Waals surface area contributed by atoms with Gasteiger partial charge in [-0.3, -0.25) is 4.79 Å². The number of rotatable bonds is 4. The monoisotopic (exact) mass is 215 g/mol. The van der Waals surface area contributed by atoms with Crippen molar-refractivity contribution in [3.8, 4) is 0 Å².